The summed E-state index contributed by atoms with van der Waals surface area (Å²) in [6.45, 7) is 2.76. The molecule has 1 unspecified atom stereocenters. The number of halogens is 1. The Labute approximate surface area is 177 Å². The Hall–Kier alpha value is -2.98. The molecule has 8 nitrogen and oxygen atoms in total. The van der Waals surface area contributed by atoms with Crippen molar-refractivity contribution in [1.29, 1.82) is 0 Å². The molecule has 1 amide bonds. The Bertz CT molecular complexity index is 1010. The van der Waals surface area contributed by atoms with Crippen molar-refractivity contribution in [3.8, 4) is 0 Å². The number of aromatic nitrogens is 4. The van der Waals surface area contributed by atoms with E-state index in [1.54, 1.807) is 18.3 Å². The number of nitrogens with one attached hydrogen (secondary N) is 1. The van der Waals surface area contributed by atoms with Crippen LogP contribution in [0.1, 0.15) is 44.8 Å². The third kappa shape index (κ3) is 5.14. The molecule has 1 aromatic carbocycles. The number of anilines is 1. The van der Waals surface area contributed by atoms with E-state index in [0.717, 1.165) is 42.2 Å². The average molecular weight is 428 g/mol. The summed E-state index contributed by atoms with van der Waals surface area (Å²) in [6, 6.07) is 7.93. The van der Waals surface area contributed by atoms with Crippen molar-refractivity contribution in [3.05, 3.63) is 63.6 Å². The highest BCUT2D eigenvalue weighted by Crippen LogP contribution is 2.27. The molecule has 30 heavy (non-hydrogen) atoms. The fraction of sp³-hybridized carbons (Fsp3) is 0.350. The summed E-state index contributed by atoms with van der Waals surface area (Å²) >= 11 is 1.29. The number of amides is 1. The highest BCUT2D eigenvalue weighted by atomic mass is 32.1. The third-order valence-corrected chi connectivity index (χ3v) is 5.91. The molecule has 156 valence electrons. The number of likely N-dealkylation sites (tertiary alicyclic amines) is 1. The van der Waals surface area contributed by atoms with Gasteiger partial charge in [-0.2, -0.15) is 0 Å². The lowest BCUT2D eigenvalue weighted by molar-refractivity contribution is 0.0950. The monoisotopic (exact) mass is 427 g/mol. The molecule has 0 spiro atoms. The number of piperidine rings is 1. The first kappa shape index (κ1) is 20.3. The number of nitrogens with two attached hydrogens (primary N) is 1. The number of rotatable bonds is 6. The van der Waals surface area contributed by atoms with Gasteiger partial charge in [0.15, 0.2) is 0 Å². The number of benzene rings is 1. The van der Waals surface area contributed by atoms with Gasteiger partial charge in [-0.1, -0.05) is 23.5 Å². The first-order valence-electron chi connectivity index (χ1n) is 9.72. The second kappa shape index (κ2) is 9.23. The van der Waals surface area contributed by atoms with Crippen molar-refractivity contribution in [3.63, 3.8) is 0 Å². The molecular formula is C20H22FN7OS. The molecule has 0 saturated carbocycles. The molecule has 1 saturated heterocycles. The van der Waals surface area contributed by atoms with E-state index in [1.807, 2.05) is 6.07 Å². The first-order valence-corrected chi connectivity index (χ1v) is 10.5. The fourth-order valence-corrected chi connectivity index (χ4v) is 4.32. The van der Waals surface area contributed by atoms with Gasteiger partial charge in [-0.15, -0.1) is 10.2 Å². The van der Waals surface area contributed by atoms with Crippen molar-refractivity contribution >= 4 is 23.2 Å². The van der Waals surface area contributed by atoms with Crippen LogP contribution in [0.4, 0.5) is 10.3 Å². The summed E-state index contributed by atoms with van der Waals surface area (Å²) in [4.78, 5) is 23.0. The summed E-state index contributed by atoms with van der Waals surface area (Å²) in [7, 11) is 0. The standard InChI is InChI=1S/C20H22FN7OS/c21-15-5-3-13(4-6-15)10-24-18(29)19-27-26-17(30-19)12-28-9-1-2-14(11-28)16-7-8-23-20(22)25-16/h3-8,14H,1-2,9-12H2,(H,24,29)(H2,22,23,25). The van der Waals surface area contributed by atoms with E-state index < -0.39 is 0 Å². The van der Waals surface area contributed by atoms with Crippen molar-refractivity contribution < 1.29 is 9.18 Å². The van der Waals surface area contributed by atoms with Gasteiger partial charge in [0.25, 0.3) is 5.91 Å². The SMILES string of the molecule is Nc1nccc(C2CCCN(Cc3nnc(C(=O)NCc4ccc(F)cc4)s3)C2)n1. The van der Waals surface area contributed by atoms with Crippen LogP contribution in [-0.4, -0.2) is 44.1 Å². The largest absolute Gasteiger partial charge is 0.368 e. The summed E-state index contributed by atoms with van der Waals surface area (Å²) in [5.74, 6) is 0.0125. The van der Waals surface area contributed by atoms with Crippen LogP contribution >= 0.6 is 11.3 Å². The number of hydrogen-bond donors (Lipinski definition) is 2. The molecule has 0 aliphatic carbocycles. The van der Waals surface area contributed by atoms with Crippen LogP contribution in [-0.2, 0) is 13.1 Å². The smallest absolute Gasteiger partial charge is 0.282 e. The van der Waals surface area contributed by atoms with Crippen LogP contribution in [0, 0.1) is 5.82 Å². The van der Waals surface area contributed by atoms with Crippen LogP contribution in [0.2, 0.25) is 0 Å². The van der Waals surface area contributed by atoms with E-state index >= 15 is 0 Å². The molecule has 2 aromatic heterocycles. The lowest BCUT2D eigenvalue weighted by Crippen LogP contribution is -2.34. The molecule has 0 radical (unpaired) electrons. The predicted octanol–water partition coefficient (Wildman–Crippen LogP) is 2.36. The quantitative estimate of drug-likeness (QED) is 0.621. The third-order valence-electron chi connectivity index (χ3n) is 5.01. The summed E-state index contributed by atoms with van der Waals surface area (Å²) in [5, 5.41) is 12.1. The van der Waals surface area contributed by atoms with Gasteiger partial charge in [0.05, 0.1) is 12.2 Å². The minimum atomic E-state index is -0.304. The van der Waals surface area contributed by atoms with Gasteiger partial charge in [-0.05, 0) is 43.1 Å². The maximum Gasteiger partial charge on any atom is 0.282 e. The molecule has 0 bridgehead atoms. The lowest BCUT2D eigenvalue weighted by Gasteiger charge is -2.31. The topological polar surface area (TPSA) is 110 Å². The Balaban J connectivity index is 1.32. The maximum absolute atomic E-state index is 13.0. The molecule has 3 aromatic rings. The molecule has 10 heteroatoms. The van der Waals surface area contributed by atoms with Crippen LogP contribution in [0.15, 0.2) is 36.5 Å². The number of carbonyl (C=O) groups is 1. The minimum absolute atomic E-state index is 0.281. The Morgan fingerprint density at radius 2 is 2.10 bits per heavy atom. The molecule has 1 fully saturated rings. The van der Waals surface area contributed by atoms with Gasteiger partial charge >= 0.3 is 0 Å². The second-order valence-electron chi connectivity index (χ2n) is 7.22. The van der Waals surface area contributed by atoms with Crippen molar-refractivity contribution in [1.82, 2.24) is 30.4 Å². The number of nitrogens with zero attached hydrogens (tertiary/aromatic N) is 5. The van der Waals surface area contributed by atoms with E-state index in [2.05, 4.69) is 30.4 Å². The highest BCUT2D eigenvalue weighted by molar-refractivity contribution is 7.13. The molecule has 3 N–H and O–H groups in total. The predicted molar refractivity (Wildman–Crippen MR) is 111 cm³/mol. The maximum atomic E-state index is 13.0. The molecule has 1 atom stereocenters. The van der Waals surface area contributed by atoms with Gasteiger partial charge in [0.1, 0.15) is 10.8 Å². The summed E-state index contributed by atoms with van der Waals surface area (Å²) in [6.07, 6.45) is 3.80. The number of hydrogen-bond acceptors (Lipinski definition) is 8. The Morgan fingerprint density at radius 3 is 2.90 bits per heavy atom. The fourth-order valence-electron chi connectivity index (χ4n) is 3.52. The van der Waals surface area contributed by atoms with E-state index in [4.69, 9.17) is 5.73 Å². The minimum Gasteiger partial charge on any atom is -0.368 e. The van der Waals surface area contributed by atoms with Gasteiger partial charge in [0, 0.05) is 25.2 Å². The van der Waals surface area contributed by atoms with E-state index in [0.29, 0.717) is 30.0 Å². The van der Waals surface area contributed by atoms with E-state index in [1.165, 1.54) is 23.5 Å². The summed E-state index contributed by atoms with van der Waals surface area (Å²) < 4.78 is 13.0. The lowest BCUT2D eigenvalue weighted by atomic mass is 9.94. The van der Waals surface area contributed by atoms with Crippen LogP contribution in [0.5, 0.6) is 0 Å². The van der Waals surface area contributed by atoms with Crippen LogP contribution < -0.4 is 11.1 Å². The number of carbonyl (C=O) groups excluding carboxylic acids is 1. The van der Waals surface area contributed by atoms with Gasteiger partial charge < -0.3 is 11.1 Å². The first-order chi connectivity index (χ1) is 14.6. The molecule has 3 heterocycles. The molecular weight excluding hydrogens is 405 g/mol. The Kier molecular flexibility index (Phi) is 6.24. The number of nitrogen functional groups attached to an aromatic ring is 1. The van der Waals surface area contributed by atoms with Gasteiger partial charge in [-0.25, -0.2) is 14.4 Å². The normalized spacial score (nSPS) is 17.0. The van der Waals surface area contributed by atoms with Crippen LogP contribution in [0.25, 0.3) is 0 Å². The zero-order chi connectivity index (χ0) is 20.9. The molecule has 1 aliphatic heterocycles. The average Bonchev–Trinajstić information content (AvgIpc) is 3.22. The highest BCUT2D eigenvalue weighted by Gasteiger charge is 2.24. The summed E-state index contributed by atoms with van der Waals surface area (Å²) in [5.41, 5.74) is 7.50. The van der Waals surface area contributed by atoms with Crippen LogP contribution in [0.3, 0.4) is 0 Å². The Morgan fingerprint density at radius 1 is 1.27 bits per heavy atom. The molecule has 4 rings (SSSR count). The van der Waals surface area contributed by atoms with E-state index in [-0.39, 0.29) is 11.7 Å². The molecule has 1 aliphatic rings. The second-order valence-corrected chi connectivity index (χ2v) is 8.29. The van der Waals surface area contributed by atoms with Gasteiger partial charge in [0.2, 0.25) is 11.0 Å². The zero-order valence-electron chi connectivity index (χ0n) is 16.3. The van der Waals surface area contributed by atoms with Crippen molar-refractivity contribution in [2.45, 2.75) is 31.8 Å². The van der Waals surface area contributed by atoms with E-state index in [9.17, 15) is 9.18 Å². The van der Waals surface area contributed by atoms with Gasteiger partial charge in [-0.3, -0.25) is 9.69 Å². The zero-order valence-corrected chi connectivity index (χ0v) is 17.1. The van der Waals surface area contributed by atoms with Crippen molar-refractivity contribution in [2.24, 2.45) is 0 Å². The van der Waals surface area contributed by atoms with Crippen molar-refractivity contribution in [2.75, 3.05) is 18.8 Å².